The summed E-state index contributed by atoms with van der Waals surface area (Å²) in [5.74, 6) is 0. The fourth-order valence-electron chi connectivity index (χ4n) is 2.47. The molecule has 0 spiro atoms. The van der Waals surface area contributed by atoms with Crippen LogP contribution in [0.1, 0.15) is 25.7 Å². The molecular weight excluding hydrogens is 210 g/mol. The Hall–Kier alpha value is -1.77. The van der Waals surface area contributed by atoms with Crippen molar-refractivity contribution in [2.45, 2.75) is 31.7 Å². The Labute approximate surface area is 101 Å². The van der Waals surface area contributed by atoms with Gasteiger partial charge in [-0.05, 0) is 37.1 Å². The van der Waals surface area contributed by atoms with Gasteiger partial charge in [0, 0.05) is 24.1 Å². The van der Waals surface area contributed by atoms with E-state index in [1.165, 1.54) is 31.4 Å². The molecule has 0 saturated heterocycles. The first kappa shape index (κ1) is 10.4. The summed E-state index contributed by atoms with van der Waals surface area (Å²) in [6.07, 6.45) is 9.08. The van der Waals surface area contributed by atoms with Crippen molar-refractivity contribution < 1.29 is 0 Å². The lowest BCUT2D eigenvalue weighted by molar-refractivity contribution is 0.755. The van der Waals surface area contributed by atoms with Gasteiger partial charge in [0.1, 0.15) is 0 Å². The third-order valence-electron chi connectivity index (χ3n) is 3.34. The molecule has 1 saturated carbocycles. The first-order chi connectivity index (χ1) is 8.42. The predicted molar refractivity (Wildman–Crippen MR) is 69.4 cm³/mol. The smallest absolute Gasteiger partial charge is 0.0666 e. The number of nitrogens with one attached hydrogen (secondary N) is 1. The van der Waals surface area contributed by atoms with Crippen LogP contribution in [0.4, 0.5) is 5.69 Å². The Morgan fingerprint density at radius 3 is 2.82 bits per heavy atom. The van der Waals surface area contributed by atoms with Crippen LogP contribution >= 0.6 is 0 Å². The van der Waals surface area contributed by atoms with Gasteiger partial charge in [-0.1, -0.05) is 18.9 Å². The van der Waals surface area contributed by atoms with Gasteiger partial charge < -0.3 is 5.32 Å². The SMILES string of the molecule is c1cc(NC2CCCC2)cc(-n2cccn2)c1. The van der Waals surface area contributed by atoms with E-state index in [2.05, 4.69) is 34.7 Å². The zero-order valence-corrected chi connectivity index (χ0v) is 9.84. The first-order valence-corrected chi connectivity index (χ1v) is 6.28. The molecule has 17 heavy (non-hydrogen) atoms. The lowest BCUT2D eigenvalue weighted by Gasteiger charge is -2.14. The summed E-state index contributed by atoms with van der Waals surface area (Å²) >= 11 is 0. The Morgan fingerprint density at radius 2 is 2.06 bits per heavy atom. The van der Waals surface area contributed by atoms with Gasteiger partial charge in [-0.25, -0.2) is 4.68 Å². The van der Waals surface area contributed by atoms with Crippen LogP contribution in [-0.2, 0) is 0 Å². The van der Waals surface area contributed by atoms with Crippen LogP contribution in [-0.4, -0.2) is 15.8 Å². The molecule has 0 bridgehead atoms. The van der Waals surface area contributed by atoms with E-state index >= 15 is 0 Å². The third-order valence-corrected chi connectivity index (χ3v) is 3.34. The largest absolute Gasteiger partial charge is 0.382 e. The maximum Gasteiger partial charge on any atom is 0.0666 e. The van der Waals surface area contributed by atoms with Crippen LogP contribution in [0.3, 0.4) is 0 Å². The molecule has 1 aliphatic carbocycles. The molecule has 3 heteroatoms. The van der Waals surface area contributed by atoms with Crippen molar-refractivity contribution in [3.05, 3.63) is 42.7 Å². The van der Waals surface area contributed by atoms with Crippen molar-refractivity contribution in [2.75, 3.05) is 5.32 Å². The molecule has 1 heterocycles. The Morgan fingerprint density at radius 1 is 1.18 bits per heavy atom. The standard InChI is InChI=1S/C14H17N3/c1-2-6-12(5-1)16-13-7-3-8-14(11-13)17-10-4-9-15-17/h3-4,7-12,16H,1-2,5-6H2. The van der Waals surface area contributed by atoms with Crippen LogP contribution in [0.15, 0.2) is 42.7 Å². The quantitative estimate of drug-likeness (QED) is 0.872. The van der Waals surface area contributed by atoms with Crippen LogP contribution in [0.2, 0.25) is 0 Å². The minimum Gasteiger partial charge on any atom is -0.382 e. The van der Waals surface area contributed by atoms with Crippen molar-refractivity contribution >= 4 is 5.69 Å². The lowest BCUT2D eigenvalue weighted by atomic mass is 10.2. The first-order valence-electron chi connectivity index (χ1n) is 6.28. The van der Waals surface area contributed by atoms with Crippen LogP contribution in [0, 0.1) is 0 Å². The normalized spacial score (nSPS) is 16.2. The van der Waals surface area contributed by atoms with E-state index in [9.17, 15) is 0 Å². The third kappa shape index (κ3) is 2.33. The van der Waals surface area contributed by atoms with Gasteiger partial charge in [0.05, 0.1) is 5.69 Å². The van der Waals surface area contributed by atoms with E-state index in [4.69, 9.17) is 0 Å². The van der Waals surface area contributed by atoms with Crippen molar-refractivity contribution in [2.24, 2.45) is 0 Å². The Bertz CT molecular complexity index is 470. The second-order valence-corrected chi connectivity index (χ2v) is 4.63. The van der Waals surface area contributed by atoms with Gasteiger partial charge in [-0.3, -0.25) is 0 Å². The van der Waals surface area contributed by atoms with Crippen molar-refractivity contribution in [3.8, 4) is 5.69 Å². The molecule has 0 aliphatic heterocycles. The van der Waals surface area contributed by atoms with Crippen LogP contribution < -0.4 is 5.32 Å². The zero-order chi connectivity index (χ0) is 11.5. The molecule has 1 aliphatic rings. The molecule has 0 amide bonds. The molecule has 1 N–H and O–H groups in total. The molecule has 3 rings (SSSR count). The highest BCUT2D eigenvalue weighted by Gasteiger charge is 2.14. The lowest BCUT2D eigenvalue weighted by Crippen LogP contribution is -2.14. The second kappa shape index (κ2) is 4.62. The van der Waals surface area contributed by atoms with Gasteiger partial charge in [0.15, 0.2) is 0 Å². The fourth-order valence-corrected chi connectivity index (χ4v) is 2.47. The van der Waals surface area contributed by atoms with Crippen LogP contribution in [0.5, 0.6) is 0 Å². The van der Waals surface area contributed by atoms with E-state index in [0.717, 1.165) is 5.69 Å². The predicted octanol–water partition coefficient (Wildman–Crippen LogP) is 3.23. The van der Waals surface area contributed by atoms with Gasteiger partial charge in [0.25, 0.3) is 0 Å². The van der Waals surface area contributed by atoms with E-state index in [-0.39, 0.29) is 0 Å². The van der Waals surface area contributed by atoms with E-state index in [0.29, 0.717) is 6.04 Å². The summed E-state index contributed by atoms with van der Waals surface area (Å²) in [7, 11) is 0. The summed E-state index contributed by atoms with van der Waals surface area (Å²) in [5.41, 5.74) is 2.31. The Kier molecular flexibility index (Phi) is 2.82. The highest BCUT2D eigenvalue weighted by atomic mass is 15.3. The van der Waals surface area contributed by atoms with Crippen molar-refractivity contribution in [1.82, 2.24) is 9.78 Å². The van der Waals surface area contributed by atoms with Gasteiger partial charge in [0.2, 0.25) is 0 Å². The molecule has 0 atom stereocenters. The zero-order valence-electron chi connectivity index (χ0n) is 9.84. The number of rotatable bonds is 3. The topological polar surface area (TPSA) is 29.9 Å². The number of anilines is 1. The van der Waals surface area contributed by atoms with Gasteiger partial charge in [-0.2, -0.15) is 5.10 Å². The maximum absolute atomic E-state index is 4.25. The summed E-state index contributed by atoms with van der Waals surface area (Å²) in [6.45, 7) is 0. The van der Waals surface area contributed by atoms with Gasteiger partial charge >= 0.3 is 0 Å². The summed E-state index contributed by atoms with van der Waals surface area (Å²) in [6, 6.07) is 11.0. The summed E-state index contributed by atoms with van der Waals surface area (Å²) < 4.78 is 1.89. The molecule has 3 nitrogen and oxygen atoms in total. The number of benzene rings is 1. The maximum atomic E-state index is 4.25. The molecule has 88 valence electrons. The molecule has 1 fully saturated rings. The molecule has 0 radical (unpaired) electrons. The molecule has 1 aromatic heterocycles. The number of nitrogens with zero attached hydrogens (tertiary/aromatic N) is 2. The van der Waals surface area contributed by atoms with E-state index in [1.54, 1.807) is 6.20 Å². The van der Waals surface area contributed by atoms with Crippen molar-refractivity contribution in [1.29, 1.82) is 0 Å². The average molecular weight is 227 g/mol. The minimum atomic E-state index is 0.655. The number of hydrogen-bond donors (Lipinski definition) is 1. The highest BCUT2D eigenvalue weighted by molar-refractivity contribution is 5.51. The summed E-state index contributed by atoms with van der Waals surface area (Å²) in [4.78, 5) is 0. The molecular formula is C14H17N3. The Balaban J connectivity index is 1.79. The second-order valence-electron chi connectivity index (χ2n) is 4.63. The fraction of sp³-hybridized carbons (Fsp3) is 0.357. The summed E-state index contributed by atoms with van der Waals surface area (Å²) in [5, 5.41) is 7.85. The van der Waals surface area contributed by atoms with E-state index < -0.39 is 0 Å². The number of aromatic nitrogens is 2. The van der Waals surface area contributed by atoms with Crippen LogP contribution in [0.25, 0.3) is 5.69 Å². The monoisotopic (exact) mass is 227 g/mol. The van der Waals surface area contributed by atoms with E-state index in [1.807, 2.05) is 16.9 Å². The molecule has 1 aromatic carbocycles. The number of hydrogen-bond acceptors (Lipinski definition) is 2. The van der Waals surface area contributed by atoms with Gasteiger partial charge in [-0.15, -0.1) is 0 Å². The average Bonchev–Trinajstić information content (AvgIpc) is 3.01. The molecule has 0 unspecified atom stereocenters. The van der Waals surface area contributed by atoms with Crippen molar-refractivity contribution in [3.63, 3.8) is 0 Å². The molecule has 2 aromatic rings. The minimum absolute atomic E-state index is 0.655. The highest BCUT2D eigenvalue weighted by Crippen LogP contribution is 2.23.